The molecule has 2 atom stereocenters. The van der Waals surface area contributed by atoms with Crippen LogP contribution in [0.1, 0.15) is 24.8 Å². The first-order chi connectivity index (χ1) is 9.41. The molecule has 3 nitrogen and oxygen atoms in total. The fourth-order valence-electron chi connectivity index (χ4n) is 2.64. The van der Waals surface area contributed by atoms with E-state index in [2.05, 4.69) is 5.32 Å². The Morgan fingerprint density at radius 3 is 2.45 bits per heavy atom. The lowest BCUT2D eigenvalue weighted by atomic mass is 9.95. The second-order valence-electron chi connectivity index (χ2n) is 5.10. The molecule has 0 bridgehead atoms. The Morgan fingerprint density at radius 2 is 1.90 bits per heavy atom. The predicted octanol–water partition coefficient (Wildman–Crippen LogP) is 3.02. The first-order valence-electron chi connectivity index (χ1n) is 6.60. The molecule has 110 valence electrons. The predicted molar refractivity (Wildman–Crippen MR) is 70.0 cm³/mol. The number of hydrogen-bond donors (Lipinski definition) is 2. The van der Waals surface area contributed by atoms with Crippen LogP contribution in [0, 0.1) is 11.8 Å². The Kier molecular flexibility index (Phi) is 4.32. The molecule has 2 rings (SSSR count). The number of rotatable bonds is 3. The number of carbonyl (C=O) groups excluding carboxylic acids is 1. The molecule has 20 heavy (non-hydrogen) atoms. The molecular weight excluding hydrogens is 269 g/mol. The van der Waals surface area contributed by atoms with Crippen LogP contribution >= 0.6 is 0 Å². The van der Waals surface area contributed by atoms with Crippen molar-refractivity contribution in [3.63, 3.8) is 0 Å². The number of carbonyl (C=O) groups is 1. The SMILES string of the molecule is NCC1CCCC1C(=O)Nc1ccc(C(F)(F)F)cc1. The van der Waals surface area contributed by atoms with Crippen molar-refractivity contribution < 1.29 is 18.0 Å². The summed E-state index contributed by atoms with van der Waals surface area (Å²) in [7, 11) is 0. The molecule has 2 unspecified atom stereocenters. The third-order valence-electron chi connectivity index (χ3n) is 3.78. The van der Waals surface area contributed by atoms with Crippen molar-refractivity contribution in [2.45, 2.75) is 25.4 Å². The molecule has 1 saturated carbocycles. The van der Waals surface area contributed by atoms with Crippen molar-refractivity contribution >= 4 is 11.6 Å². The fraction of sp³-hybridized carbons (Fsp3) is 0.500. The van der Waals surface area contributed by atoms with E-state index < -0.39 is 11.7 Å². The average Bonchev–Trinajstić information content (AvgIpc) is 2.86. The van der Waals surface area contributed by atoms with Crippen molar-refractivity contribution in [1.29, 1.82) is 0 Å². The topological polar surface area (TPSA) is 55.1 Å². The van der Waals surface area contributed by atoms with E-state index in [0.29, 0.717) is 12.2 Å². The van der Waals surface area contributed by atoms with Crippen LogP contribution in [0.4, 0.5) is 18.9 Å². The first-order valence-corrected chi connectivity index (χ1v) is 6.60. The fourth-order valence-corrected chi connectivity index (χ4v) is 2.64. The van der Waals surface area contributed by atoms with E-state index in [4.69, 9.17) is 5.73 Å². The summed E-state index contributed by atoms with van der Waals surface area (Å²) >= 11 is 0. The maximum absolute atomic E-state index is 12.4. The van der Waals surface area contributed by atoms with Crippen LogP contribution in [0.5, 0.6) is 0 Å². The zero-order valence-electron chi connectivity index (χ0n) is 10.9. The van der Waals surface area contributed by atoms with Gasteiger partial charge in [0.2, 0.25) is 5.91 Å². The molecule has 0 aromatic heterocycles. The standard InChI is InChI=1S/C14H17F3N2O/c15-14(16,17)10-4-6-11(7-5-10)19-13(20)12-3-1-2-9(12)8-18/h4-7,9,12H,1-3,8,18H2,(H,19,20). The van der Waals surface area contributed by atoms with Crippen LogP contribution in [0.25, 0.3) is 0 Å². The third kappa shape index (κ3) is 3.30. The number of alkyl halides is 3. The summed E-state index contributed by atoms with van der Waals surface area (Å²) in [5.41, 5.74) is 5.27. The van der Waals surface area contributed by atoms with Crippen molar-refractivity contribution in [2.24, 2.45) is 17.6 Å². The van der Waals surface area contributed by atoms with Gasteiger partial charge in [0.15, 0.2) is 0 Å². The second-order valence-corrected chi connectivity index (χ2v) is 5.10. The van der Waals surface area contributed by atoms with E-state index in [-0.39, 0.29) is 17.7 Å². The molecule has 0 aliphatic heterocycles. The minimum atomic E-state index is -4.36. The molecule has 1 amide bonds. The van der Waals surface area contributed by atoms with E-state index in [9.17, 15) is 18.0 Å². The number of nitrogens with two attached hydrogens (primary N) is 1. The van der Waals surface area contributed by atoms with Gasteiger partial charge in [-0.15, -0.1) is 0 Å². The summed E-state index contributed by atoms with van der Waals surface area (Å²) in [5, 5.41) is 2.66. The number of anilines is 1. The van der Waals surface area contributed by atoms with Gasteiger partial charge in [-0.2, -0.15) is 13.2 Å². The van der Waals surface area contributed by atoms with Gasteiger partial charge in [-0.3, -0.25) is 4.79 Å². The highest BCUT2D eigenvalue weighted by molar-refractivity contribution is 5.92. The van der Waals surface area contributed by atoms with Crippen LogP contribution in [0.2, 0.25) is 0 Å². The molecule has 0 spiro atoms. The molecule has 6 heteroatoms. The largest absolute Gasteiger partial charge is 0.416 e. The molecular formula is C14H17F3N2O. The molecule has 1 aliphatic carbocycles. The number of halogens is 3. The highest BCUT2D eigenvalue weighted by atomic mass is 19.4. The molecule has 3 N–H and O–H groups in total. The molecule has 1 aromatic carbocycles. The summed E-state index contributed by atoms with van der Waals surface area (Å²) in [6, 6.07) is 4.47. The van der Waals surface area contributed by atoms with Crippen molar-refractivity contribution in [3.05, 3.63) is 29.8 Å². The third-order valence-corrected chi connectivity index (χ3v) is 3.78. The van der Waals surface area contributed by atoms with Crippen LogP contribution in [-0.4, -0.2) is 12.5 Å². The summed E-state index contributed by atoms with van der Waals surface area (Å²) in [6.07, 6.45) is -1.68. The number of amides is 1. The Hall–Kier alpha value is -1.56. The molecule has 0 heterocycles. The molecule has 0 saturated heterocycles. The van der Waals surface area contributed by atoms with Gasteiger partial charge < -0.3 is 11.1 Å². The van der Waals surface area contributed by atoms with Gasteiger partial charge in [0.05, 0.1) is 5.56 Å². The van der Waals surface area contributed by atoms with Gasteiger partial charge >= 0.3 is 6.18 Å². The van der Waals surface area contributed by atoms with Crippen molar-refractivity contribution in [1.82, 2.24) is 0 Å². The van der Waals surface area contributed by atoms with Crippen molar-refractivity contribution in [2.75, 3.05) is 11.9 Å². The average molecular weight is 286 g/mol. The lowest BCUT2D eigenvalue weighted by Crippen LogP contribution is -2.29. The summed E-state index contributed by atoms with van der Waals surface area (Å²) in [6.45, 7) is 0.463. The minimum Gasteiger partial charge on any atom is -0.330 e. The van der Waals surface area contributed by atoms with Crippen LogP contribution in [0.3, 0.4) is 0 Å². The summed E-state index contributed by atoms with van der Waals surface area (Å²) < 4.78 is 37.3. The first kappa shape index (κ1) is 14.8. The van der Waals surface area contributed by atoms with Crippen molar-refractivity contribution in [3.8, 4) is 0 Å². The molecule has 1 fully saturated rings. The Labute approximate surface area is 115 Å². The van der Waals surface area contributed by atoms with E-state index in [1.54, 1.807) is 0 Å². The van der Waals surface area contributed by atoms with Gasteiger partial charge in [0, 0.05) is 11.6 Å². The maximum Gasteiger partial charge on any atom is 0.416 e. The number of nitrogens with one attached hydrogen (secondary N) is 1. The van der Waals surface area contributed by atoms with Gasteiger partial charge in [0.1, 0.15) is 0 Å². The molecule has 0 radical (unpaired) electrons. The highest BCUT2D eigenvalue weighted by Crippen LogP contribution is 2.33. The minimum absolute atomic E-state index is 0.137. The van der Waals surface area contributed by atoms with Crippen LogP contribution in [0.15, 0.2) is 24.3 Å². The smallest absolute Gasteiger partial charge is 0.330 e. The van der Waals surface area contributed by atoms with Gasteiger partial charge in [-0.05, 0) is 49.6 Å². The monoisotopic (exact) mass is 286 g/mol. The lowest BCUT2D eigenvalue weighted by Gasteiger charge is -2.17. The van der Waals surface area contributed by atoms with Gasteiger partial charge in [0.25, 0.3) is 0 Å². The summed E-state index contributed by atoms with van der Waals surface area (Å²) in [4.78, 5) is 12.1. The normalized spacial score (nSPS) is 22.8. The highest BCUT2D eigenvalue weighted by Gasteiger charge is 2.32. The Balaban J connectivity index is 2.01. The van der Waals surface area contributed by atoms with Gasteiger partial charge in [-0.25, -0.2) is 0 Å². The Morgan fingerprint density at radius 1 is 1.25 bits per heavy atom. The number of hydrogen-bond acceptors (Lipinski definition) is 2. The van der Waals surface area contributed by atoms with Gasteiger partial charge in [-0.1, -0.05) is 6.42 Å². The van der Waals surface area contributed by atoms with E-state index in [1.807, 2.05) is 0 Å². The van der Waals surface area contributed by atoms with Crippen LogP contribution in [-0.2, 0) is 11.0 Å². The lowest BCUT2D eigenvalue weighted by molar-refractivity contribution is -0.137. The van der Waals surface area contributed by atoms with E-state index in [1.165, 1.54) is 12.1 Å². The zero-order valence-corrected chi connectivity index (χ0v) is 10.9. The summed E-state index contributed by atoms with van der Waals surface area (Å²) in [5.74, 6) is -0.121. The van der Waals surface area contributed by atoms with Crippen LogP contribution < -0.4 is 11.1 Å². The maximum atomic E-state index is 12.4. The molecule has 1 aliphatic rings. The Bertz CT molecular complexity index is 470. The van der Waals surface area contributed by atoms with E-state index >= 15 is 0 Å². The zero-order chi connectivity index (χ0) is 14.8. The second kappa shape index (κ2) is 5.83. The number of benzene rings is 1. The van der Waals surface area contributed by atoms with E-state index in [0.717, 1.165) is 31.4 Å². The molecule has 1 aromatic rings. The quantitative estimate of drug-likeness (QED) is 0.897.